The quantitative estimate of drug-likeness (QED) is 0.620. The van der Waals surface area contributed by atoms with E-state index in [1.165, 1.54) is 36.8 Å². The molecule has 13 heavy (non-hydrogen) atoms. The second-order valence-corrected chi connectivity index (χ2v) is 3.73. The third kappa shape index (κ3) is 2.10. The van der Waals surface area contributed by atoms with Crippen LogP contribution < -0.4 is 0 Å². The van der Waals surface area contributed by atoms with Crippen molar-refractivity contribution in [2.75, 3.05) is 0 Å². The van der Waals surface area contributed by atoms with E-state index >= 15 is 0 Å². The highest BCUT2D eigenvalue weighted by atomic mass is 35.5. The minimum absolute atomic E-state index is 0.587. The minimum atomic E-state index is 0.587. The molecule has 0 saturated heterocycles. The molecule has 2 rings (SSSR count). The fourth-order valence-corrected chi connectivity index (χ4v) is 1.88. The lowest BCUT2D eigenvalue weighted by atomic mass is 9.94. The smallest absolute Gasteiger partial charge is 0.129 e. The summed E-state index contributed by atoms with van der Waals surface area (Å²) in [5, 5.41) is 0.587. The highest BCUT2D eigenvalue weighted by Crippen LogP contribution is 2.27. The Morgan fingerprint density at radius 3 is 2.92 bits per heavy atom. The summed E-state index contributed by atoms with van der Waals surface area (Å²) in [7, 11) is 0. The van der Waals surface area contributed by atoms with Gasteiger partial charge < -0.3 is 0 Å². The Kier molecular flexibility index (Phi) is 2.65. The molecule has 1 aliphatic rings. The van der Waals surface area contributed by atoms with Gasteiger partial charge in [-0.05, 0) is 49.0 Å². The first-order valence-corrected chi connectivity index (χ1v) is 5.05. The Balaban J connectivity index is 2.29. The molecule has 1 aromatic rings. The number of nitrogens with zero attached hydrogens (tertiary/aromatic N) is 1. The number of hydrogen-bond donors (Lipinski definition) is 0. The van der Waals surface area contributed by atoms with Crippen LogP contribution in [0.5, 0.6) is 0 Å². The van der Waals surface area contributed by atoms with Gasteiger partial charge in [-0.15, -0.1) is 0 Å². The van der Waals surface area contributed by atoms with Gasteiger partial charge in [0.25, 0.3) is 0 Å². The normalized spacial score (nSPS) is 16.8. The van der Waals surface area contributed by atoms with Crippen molar-refractivity contribution in [2.45, 2.75) is 25.7 Å². The van der Waals surface area contributed by atoms with Crippen molar-refractivity contribution in [1.29, 1.82) is 0 Å². The van der Waals surface area contributed by atoms with Crippen LogP contribution in [0.1, 0.15) is 31.2 Å². The number of aromatic nitrogens is 1. The lowest BCUT2D eigenvalue weighted by Crippen LogP contribution is -1.91. The van der Waals surface area contributed by atoms with Crippen LogP contribution in [0.2, 0.25) is 5.15 Å². The van der Waals surface area contributed by atoms with Gasteiger partial charge in [0.15, 0.2) is 0 Å². The van der Waals surface area contributed by atoms with Crippen molar-refractivity contribution < 1.29 is 0 Å². The fraction of sp³-hybridized carbons (Fsp3) is 0.364. The van der Waals surface area contributed by atoms with Gasteiger partial charge in [-0.3, -0.25) is 0 Å². The molecular formula is C11H12ClN. The van der Waals surface area contributed by atoms with Crippen LogP contribution in [0.4, 0.5) is 0 Å². The molecule has 0 unspecified atom stereocenters. The maximum atomic E-state index is 5.83. The number of halogens is 1. The molecule has 0 amide bonds. The van der Waals surface area contributed by atoms with Crippen molar-refractivity contribution in [3.05, 3.63) is 35.1 Å². The number of hydrogen-bond acceptors (Lipinski definition) is 1. The van der Waals surface area contributed by atoms with Crippen LogP contribution in [0, 0.1) is 0 Å². The van der Waals surface area contributed by atoms with Gasteiger partial charge in [-0.2, -0.15) is 0 Å². The predicted molar refractivity (Wildman–Crippen MR) is 55.7 cm³/mol. The molecule has 0 saturated carbocycles. The zero-order chi connectivity index (χ0) is 9.10. The Morgan fingerprint density at radius 2 is 2.23 bits per heavy atom. The Labute approximate surface area is 83.4 Å². The molecule has 68 valence electrons. The molecular weight excluding hydrogens is 182 g/mol. The van der Waals surface area contributed by atoms with Gasteiger partial charge in [-0.1, -0.05) is 17.7 Å². The average Bonchev–Trinajstić information content (AvgIpc) is 2.19. The molecule has 1 nitrogen and oxygen atoms in total. The van der Waals surface area contributed by atoms with Crippen LogP contribution in [0.25, 0.3) is 5.57 Å². The van der Waals surface area contributed by atoms with Crippen LogP contribution in [-0.4, -0.2) is 4.98 Å². The van der Waals surface area contributed by atoms with Crippen molar-refractivity contribution in [3.8, 4) is 0 Å². The van der Waals surface area contributed by atoms with Crippen LogP contribution >= 0.6 is 11.6 Å². The Bertz CT molecular complexity index is 331. The lowest BCUT2D eigenvalue weighted by Gasteiger charge is -2.12. The summed E-state index contributed by atoms with van der Waals surface area (Å²) in [4.78, 5) is 3.97. The third-order valence-electron chi connectivity index (χ3n) is 2.39. The number of rotatable bonds is 1. The molecule has 1 aromatic heterocycles. The number of allylic oxidation sites excluding steroid dienone is 2. The third-order valence-corrected chi connectivity index (χ3v) is 2.60. The van der Waals surface area contributed by atoms with Gasteiger partial charge in [0, 0.05) is 6.20 Å². The molecule has 0 spiro atoms. The SMILES string of the molecule is Clc1cc(C2=CCCCC2)ccn1. The van der Waals surface area contributed by atoms with Gasteiger partial charge >= 0.3 is 0 Å². The summed E-state index contributed by atoms with van der Waals surface area (Å²) in [6.45, 7) is 0. The molecule has 0 fully saturated rings. The molecule has 0 atom stereocenters. The van der Waals surface area contributed by atoms with Crippen LogP contribution in [0.3, 0.4) is 0 Å². The van der Waals surface area contributed by atoms with E-state index in [1.807, 2.05) is 12.1 Å². The van der Waals surface area contributed by atoms with E-state index in [2.05, 4.69) is 11.1 Å². The van der Waals surface area contributed by atoms with E-state index in [9.17, 15) is 0 Å². The summed E-state index contributed by atoms with van der Waals surface area (Å²) >= 11 is 5.83. The zero-order valence-corrected chi connectivity index (χ0v) is 8.22. The standard InChI is InChI=1S/C11H12ClN/c12-11-8-10(6-7-13-11)9-4-2-1-3-5-9/h4,6-8H,1-3,5H2. The summed E-state index contributed by atoms with van der Waals surface area (Å²) < 4.78 is 0. The Hall–Kier alpha value is -0.820. The summed E-state index contributed by atoms with van der Waals surface area (Å²) in [5.74, 6) is 0. The van der Waals surface area contributed by atoms with Gasteiger partial charge in [0.2, 0.25) is 0 Å². The zero-order valence-electron chi connectivity index (χ0n) is 7.46. The first-order chi connectivity index (χ1) is 6.36. The fourth-order valence-electron chi connectivity index (χ4n) is 1.70. The maximum absolute atomic E-state index is 5.83. The monoisotopic (exact) mass is 193 g/mol. The molecule has 0 bridgehead atoms. The van der Waals surface area contributed by atoms with E-state index in [0.717, 1.165) is 0 Å². The van der Waals surface area contributed by atoms with Crippen molar-refractivity contribution in [2.24, 2.45) is 0 Å². The largest absolute Gasteiger partial charge is 0.245 e. The Morgan fingerprint density at radius 1 is 1.31 bits per heavy atom. The van der Waals surface area contributed by atoms with Crippen molar-refractivity contribution >= 4 is 17.2 Å². The topological polar surface area (TPSA) is 12.9 Å². The van der Waals surface area contributed by atoms with E-state index < -0.39 is 0 Å². The first kappa shape index (κ1) is 8.76. The minimum Gasteiger partial charge on any atom is -0.245 e. The van der Waals surface area contributed by atoms with E-state index in [4.69, 9.17) is 11.6 Å². The highest BCUT2D eigenvalue weighted by Gasteiger charge is 2.06. The van der Waals surface area contributed by atoms with E-state index in [0.29, 0.717) is 5.15 Å². The lowest BCUT2D eigenvalue weighted by molar-refractivity contribution is 0.742. The molecule has 0 aromatic carbocycles. The van der Waals surface area contributed by atoms with Crippen molar-refractivity contribution in [3.63, 3.8) is 0 Å². The molecule has 0 radical (unpaired) electrons. The molecule has 0 aliphatic heterocycles. The summed E-state index contributed by atoms with van der Waals surface area (Å²) in [6.07, 6.45) is 9.09. The van der Waals surface area contributed by atoms with Crippen LogP contribution in [-0.2, 0) is 0 Å². The second-order valence-electron chi connectivity index (χ2n) is 3.34. The summed E-state index contributed by atoms with van der Waals surface area (Å²) in [6, 6.07) is 3.97. The van der Waals surface area contributed by atoms with E-state index in [-0.39, 0.29) is 0 Å². The summed E-state index contributed by atoms with van der Waals surface area (Å²) in [5.41, 5.74) is 2.66. The van der Waals surface area contributed by atoms with Gasteiger partial charge in [0.1, 0.15) is 5.15 Å². The first-order valence-electron chi connectivity index (χ1n) is 4.67. The molecule has 0 N–H and O–H groups in total. The van der Waals surface area contributed by atoms with Gasteiger partial charge in [0.05, 0.1) is 0 Å². The van der Waals surface area contributed by atoms with Crippen LogP contribution in [0.15, 0.2) is 24.4 Å². The maximum Gasteiger partial charge on any atom is 0.129 e. The molecule has 2 heteroatoms. The predicted octanol–water partition coefficient (Wildman–Crippen LogP) is 3.69. The average molecular weight is 194 g/mol. The van der Waals surface area contributed by atoms with E-state index in [1.54, 1.807) is 6.20 Å². The molecule has 1 heterocycles. The highest BCUT2D eigenvalue weighted by molar-refractivity contribution is 6.29. The number of pyridine rings is 1. The van der Waals surface area contributed by atoms with Crippen molar-refractivity contribution in [1.82, 2.24) is 4.98 Å². The second kappa shape index (κ2) is 3.93. The van der Waals surface area contributed by atoms with Gasteiger partial charge in [-0.25, -0.2) is 4.98 Å². The molecule has 1 aliphatic carbocycles.